The molecule has 0 saturated carbocycles. The Labute approximate surface area is 334 Å². The Morgan fingerprint density at radius 1 is 0.345 bits per heavy atom. The topological polar surface area (TPSA) is 461 Å². The van der Waals surface area contributed by atoms with E-state index in [-0.39, 0.29) is 7.43 Å². The quantitative estimate of drug-likeness (QED) is 0.0271. The Hall–Kier alpha value is -5.64. The second-order valence-electron chi connectivity index (χ2n) is 9.18. The minimum Gasteiger partial charge on any atom is -0.545 e. The fraction of sp³-hybridized carbons (Fsp3) is 0.515. The SMILES string of the molecule is C.O=C(O)/C=C/C(=O)O.O=C(O)/C=C\C(=O)O.O=C([O-])/C=C/C(=O)O.O=C([O-])/C=C\C(=O)O.[NH3+]CCCOCCOCCOCCC[NH3+].[NH3+]CCOCCOCC[NH3+]. The molecule has 0 amide bonds. The molecule has 18 N–H and O–H groups in total. The van der Waals surface area contributed by atoms with E-state index < -0.39 is 47.8 Å². The summed E-state index contributed by atoms with van der Waals surface area (Å²) < 4.78 is 26.2. The van der Waals surface area contributed by atoms with Crippen molar-refractivity contribution in [3.8, 4) is 0 Å². The smallest absolute Gasteiger partial charge is 0.328 e. The number of hydrogen-bond acceptors (Lipinski definition) is 15. The van der Waals surface area contributed by atoms with Gasteiger partial charge in [-0.2, -0.15) is 0 Å². The molecule has 0 bridgehead atoms. The zero-order valence-electron chi connectivity index (χ0n) is 31.6. The van der Waals surface area contributed by atoms with Crippen LogP contribution in [0.5, 0.6) is 0 Å². The molecule has 0 aromatic rings. The van der Waals surface area contributed by atoms with Gasteiger partial charge in [0, 0.05) is 49.3 Å². The highest BCUT2D eigenvalue weighted by molar-refractivity contribution is 5.90. The lowest BCUT2D eigenvalue weighted by Gasteiger charge is -2.05. The largest absolute Gasteiger partial charge is 0.545 e. The van der Waals surface area contributed by atoms with Gasteiger partial charge in [-0.15, -0.1) is 0 Å². The Morgan fingerprint density at radius 2 is 0.534 bits per heavy atom. The third-order valence-electron chi connectivity index (χ3n) is 4.23. The van der Waals surface area contributed by atoms with E-state index in [9.17, 15) is 48.6 Å². The van der Waals surface area contributed by atoms with Gasteiger partial charge in [0.2, 0.25) is 0 Å². The predicted molar refractivity (Wildman–Crippen MR) is 193 cm³/mol. The van der Waals surface area contributed by atoms with E-state index in [2.05, 4.69) is 22.9 Å². The first-order valence-corrected chi connectivity index (χ1v) is 16.4. The summed E-state index contributed by atoms with van der Waals surface area (Å²) in [5.41, 5.74) is 14.8. The Kier molecular flexibility index (Phi) is 67.2. The van der Waals surface area contributed by atoms with Crippen molar-refractivity contribution in [1.29, 1.82) is 0 Å². The molecule has 0 aromatic carbocycles. The first-order valence-electron chi connectivity index (χ1n) is 16.4. The summed E-state index contributed by atoms with van der Waals surface area (Å²) in [4.78, 5) is 76.2. The highest BCUT2D eigenvalue weighted by Crippen LogP contribution is 1.84. The van der Waals surface area contributed by atoms with E-state index in [1.165, 1.54) is 0 Å². The molecule has 0 atom stereocenters. The first kappa shape index (κ1) is 67.1. The number of aliphatic carboxylic acids is 8. The van der Waals surface area contributed by atoms with E-state index in [4.69, 9.17) is 54.3 Å². The Bertz CT molecular complexity index is 958. The van der Waals surface area contributed by atoms with Crippen LogP contribution in [0.15, 0.2) is 48.6 Å². The average Bonchev–Trinajstić information content (AvgIpc) is 3.13. The molecular weight excluding hydrogens is 788 g/mol. The fourth-order valence-corrected chi connectivity index (χ4v) is 2.04. The van der Waals surface area contributed by atoms with Crippen molar-refractivity contribution in [2.45, 2.75) is 20.3 Å². The van der Waals surface area contributed by atoms with Gasteiger partial charge in [-0.05, 0) is 12.2 Å². The van der Waals surface area contributed by atoms with E-state index >= 15 is 0 Å². The molecule has 0 radical (unpaired) electrons. The van der Waals surface area contributed by atoms with Crippen LogP contribution in [-0.4, -0.2) is 171 Å². The van der Waals surface area contributed by atoms with Crippen LogP contribution >= 0.6 is 0 Å². The highest BCUT2D eigenvalue weighted by Gasteiger charge is 1.93. The first-order chi connectivity index (χ1) is 26.8. The van der Waals surface area contributed by atoms with Crippen molar-refractivity contribution in [3.63, 3.8) is 0 Å². The van der Waals surface area contributed by atoms with Crippen LogP contribution < -0.4 is 33.1 Å². The van der Waals surface area contributed by atoms with E-state index in [0.717, 1.165) is 65.4 Å². The van der Waals surface area contributed by atoms with Gasteiger partial charge in [0.25, 0.3) is 0 Å². The van der Waals surface area contributed by atoms with Crippen LogP contribution in [0.1, 0.15) is 20.3 Å². The molecule has 0 aliphatic carbocycles. The van der Waals surface area contributed by atoms with Gasteiger partial charge in [0.15, 0.2) is 0 Å². The monoisotopic (exact) mass is 850 g/mol. The zero-order chi connectivity index (χ0) is 45.1. The van der Waals surface area contributed by atoms with Crippen LogP contribution in [0.4, 0.5) is 0 Å². The maximum atomic E-state index is 9.55. The van der Waals surface area contributed by atoms with Gasteiger partial charge in [-0.25, -0.2) is 28.8 Å². The predicted octanol–water partition coefficient (Wildman–Crippen LogP) is -7.38. The second kappa shape index (κ2) is 58.1. The molecule has 0 aromatic heterocycles. The van der Waals surface area contributed by atoms with Crippen LogP contribution in [0.25, 0.3) is 0 Å². The Morgan fingerprint density at radius 3 is 0.690 bits per heavy atom. The standard InChI is InChI=1S/C10H24N2O3.C6H16N2O2.4C4H4O4.CH4/c11-3-1-5-13-7-9-15-10-8-14-6-2-4-12;7-1-3-9-5-6-10-4-2-8;4*5-3(6)1-2-4(7)8;/h1-12H2;1-8H2;4*1-2H,(H,5,6)(H,7,8);1H4/p+2/b;;2*2-1+;2*2-1-;. The molecule has 25 nitrogen and oxygen atoms in total. The summed E-state index contributed by atoms with van der Waals surface area (Å²) >= 11 is 0. The number of carboxylic acids is 8. The maximum Gasteiger partial charge on any atom is 0.328 e. The zero-order valence-corrected chi connectivity index (χ0v) is 31.6. The summed E-state index contributed by atoms with van der Waals surface area (Å²) in [5, 5.41) is 65.7. The molecule has 25 heteroatoms. The van der Waals surface area contributed by atoms with Crippen LogP contribution in [-0.2, 0) is 62.0 Å². The van der Waals surface area contributed by atoms with Gasteiger partial charge >= 0.3 is 35.8 Å². The van der Waals surface area contributed by atoms with Crippen LogP contribution in [0.3, 0.4) is 0 Å². The fourth-order valence-electron chi connectivity index (χ4n) is 2.04. The summed E-state index contributed by atoms with van der Waals surface area (Å²) in [5.74, 6) is -10.6. The molecule has 338 valence electrons. The minimum atomic E-state index is -1.51. The molecule has 0 aliphatic heterocycles. The lowest BCUT2D eigenvalue weighted by Crippen LogP contribution is -2.52. The number of rotatable bonds is 27. The van der Waals surface area contributed by atoms with E-state index in [1.807, 2.05) is 0 Å². The number of hydrogen-bond donors (Lipinski definition) is 10. The molecule has 0 spiro atoms. The molecule has 0 unspecified atom stereocenters. The lowest BCUT2D eigenvalue weighted by atomic mass is 10.5. The summed E-state index contributed by atoms with van der Waals surface area (Å²) in [7, 11) is 0. The van der Waals surface area contributed by atoms with Crippen molar-refractivity contribution >= 4 is 47.8 Å². The number of carboxylic acid groups (broad SMARTS) is 8. The molecule has 0 heterocycles. The normalized spacial score (nSPS) is 9.79. The van der Waals surface area contributed by atoms with Crippen molar-refractivity contribution in [2.75, 3.05) is 92.2 Å². The third kappa shape index (κ3) is 110. The minimum absolute atomic E-state index is 0. The number of carbonyl (C=O) groups is 8. The Balaban J connectivity index is -0.000000109. The van der Waals surface area contributed by atoms with Crippen LogP contribution in [0, 0.1) is 0 Å². The second-order valence-corrected chi connectivity index (χ2v) is 9.18. The number of ether oxygens (including phenoxy) is 5. The average molecular weight is 851 g/mol. The summed E-state index contributed by atoms with van der Waals surface area (Å²) in [6, 6.07) is 0. The van der Waals surface area contributed by atoms with Gasteiger partial charge in [-0.1, -0.05) is 7.43 Å². The van der Waals surface area contributed by atoms with Crippen molar-refractivity contribution in [1.82, 2.24) is 0 Å². The van der Waals surface area contributed by atoms with Gasteiger partial charge < -0.3 is 97.1 Å². The van der Waals surface area contributed by atoms with Crippen LogP contribution in [0.2, 0.25) is 0 Å². The maximum absolute atomic E-state index is 9.55. The summed E-state index contributed by atoms with van der Waals surface area (Å²) in [6.45, 7) is 10.5. The molecule has 0 saturated heterocycles. The van der Waals surface area contributed by atoms with Crippen molar-refractivity contribution in [3.05, 3.63) is 48.6 Å². The lowest BCUT2D eigenvalue weighted by molar-refractivity contribution is -0.376. The van der Waals surface area contributed by atoms with Crippen molar-refractivity contribution < 1.29 is 126 Å². The molecular formula is C33H62N4O21+2. The van der Waals surface area contributed by atoms with Crippen molar-refractivity contribution in [2.24, 2.45) is 0 Å². The third-order valence-corrected chi connectivity index (χ3v) is 4.23. The van der Waals surface area contributed by atoms with Gasteiger partial charge in [0.05, 0.1) is 104 Å². The number of carbonyl (C=O) groups excluding carboxylic acids is 2. The highest BCUT2D eigenvalue weighted by atomic mass is 16.5. The molecule has 0 fully saturated rings. The molecule has 58 heavy (non-hydrogen) atoms. The van der Waals surface area contributed by atoms with E-state index in [0.29, 0.717) is 88.2 Å². The van der Waals surface area contributed by atoms with Gasteiger partial charge in [-0.3, -0.25) is 0 Å². The van der Waals surface area contributed by atoms with E-state index in [1.54, 1.807) is 0 Å². The molecule has 0 rings (SSSR count). The molecule has 0 aliphatic rings. The number of quaternary nitrogens is 4. The van der Waals surface area contributed by atoms with Gasteiger partial charge in [0.1, 0.15) is 0 Å². The summed E-state index contributed by atoms with van der Waals surface area (Å²) in [6.07, 6.45) is 6.16.